The van der Waals surface area contributed by atoms with Crippen molar-refractivity contribution >= 4 is 11.6 Å². The second-order valence-corrected chi connectivity index (χ2v) is 3.82. The van der Waals surface area contributed by atoms with Gasteiger partial charge in [0.1, 0.15) is 0 Å². The number of para-hydroxylation sites is 1. The van der Waals surface area contributed by atoms with Crippen molar-refractivity contribution in [2.24, 2.45) is 0 Å². The average Bonchev–Trinajstić information content (AvgIpc) is 2.32. The molecule has 90 valence electrons. The van der Waals surface area contributed by atoms with E-state index in [1.165, 1.54) is 0 Å². The third-order valence-electron chi connectivity index (χ3n) is 2.52. The van der Waals surface area contributed by atoms with Crippen molar-refractivity contribution in [1.82, 2.24) is 5.32 Å². The van der Waals surface area contributed by atoms with Crippen LogP contribution in [0.4, 0.5) is 5.69 Å². The van der Waals surface area contributed by atoms with Gasteiger partial charge < -0.3 is 5.32 Å². The molecule has 0 heterocycles. The van der Waals surface area contributed by atoms with Crippen LogP contribution in [-0.4, -0.2) is 19.0 Å². The summed E-state index contributed by atoms with van der Waals surface area (Å²) in [6.07, 6.45) is 5.99. The monoisotopic (exact) mass is 230 g/mol. The molecule has 17 heavy (non-hydrogen) atoms. The van der Waals surface area contributed by atoms with Gasteiger partial charge in [-0.15, -0.1) is 6.42 Å². The third kappa shape index (κ3) is 3.93. The van der Waals surface area contributed by atoms with Crippen molar-refractivity contribution in [2.75, 3.05) is 18.4 Å². The molecule has 3 heteroatoms. The number of carbonyl (C=O) groups excluding carboxylic acids is 1. The lowest BCUT2D eigenvalue weighted by Crippen LogP contribution is -2.28. The first kappa shape index (κ1) is 13.3. The summed E-state index contributed by atoms with van der Waals surface area (Å²) < 4.78 is 0. The molecule has 0 aliphatic carbocycles. The van der Waals surface area contributed by atoms with Crippen LogP contribution in [0.15, 0.2) is 18.2 Å². The SMILES string of the molecule is C#CCNCC(=O)Nc1c(C)cccc1CC. The van der Waals surface area contributed by atoms with Crippen LogP contribution in [0, 0.1) is 19.3 Å². The first-order chi connectivity index (χ1) is 8.19. The Morgan fingerprint density at radius 1 is 1.47 bits per heavy atom. The van der Waals surface area contributed by atoms with E-state index in [4.69, 9.17) is 6.42 Å². The Kier molecular flexibility index (Phi) is 5.25. The predicted molar refractivity (Wildman–Crippen MR) is 70.9 cm³/mol. The van der Waals surface area contributed by atoms with E-state index in [1.54, 1.807) is 0 Å². The lowest BCUT2D eigenvalue weighted by atomic mass is 10.1. The molecule has 3 nitrogen and oxygen atoms in total. The van der Waals surface area contributed by atoms with Crippen LogP contribution in [0.2, 0.25) is 0 Å². The minimum absolute atomic E-state index is 0.0655. The van der Waals surface area contributed by atoms with Crippen molar-refractivity contribution < 1.29 is 4.79 Å². The number of hydrogen-bond donors (Lipinski definition) is 2. The van der Waals surface area contributed by atoms with Crippen LogP contribution in [0.1, 0.15) is 18.1 Å². The Hall–Kier alpha value is -1.79. The fourth-order valence-electron chi connectivity index (χ4n) is 1.63. The predicted octanol–water partition coefficient (Wildman–Crippen LogP) is 1.72. The fraction of sp³-hybridized carbons (Fsp3) is 0.357. The molecule has 0 atom stereocenters. The summed E-state index contributed by atoms with van der Waals surface area (Å²) in [5, 5.41) is 5.78. The van der Waals surface area contributed by atoms with Crippen LogP contribution in [0.5, 0.6) is 0 Å². The number of amides is 1. The van der Waals surface area contributed by atoms with Gasteiger partial charge in [-0.25, -0.2) is 0 Å². The molecular formula is C14H18N2O. The standard InChI is InChI=1S/C14H18N2O/c1-4-9-15-10-13(17)16-14-11(3)7-6-8-12(14)5-2/h1,6-8,15H,5,9-10H2,2-3H3,(H,16,17). The highest BCUT2D eigenvalue weighted by Gasteiger charge is 2.07. The summed E-state index contributed by atoms with van der Waals surface area (Å²) >= 11 is 0. The Bertz CT molecular complexity index is 432. The highest BCUT2D eigenvalue weighted by Crippen LogP contribution is 2.20. The molecule has 1 aromatic rings. The number of anilines is 1. The number of aryl methyl sites for hydroxylation is 2. The molecule has 0 bridgehead atoms. The topological polar surface area (TPSA) is 41.1 Å². The maximum absolute atomic E-state index is 11.7. The zero-order valence-corrected chi connectivity index (χ0v) is 10.3. The van der Waals surface area contributed by atoms with Crippen LogP contribution in [0.3, 0.4) is 0 Å². The zero-order chi connectivity index (χ0) is 12.7. The summed E-state index contributed by atoms with van der Waals surface area (Å²) in [6, 6.07) is 6.02. The van der Waals surface area contributed by atoms with Gasteiger partial charge in [-0.05, 0) is 24.5 Å². The van der Waals surface area contributed by atoms with E-state index in [0.29, 0.717) is 6.54 Å². The van der Waals surface area contributed by atoms with Crippen LogP contribution in [0.25, 0.3) is 0 Å². The zero-order valence-electron chi connectivity index (χ0n) is 10.3. The second kappa shape index (κ2) is 6.72. The number of terminal acetylenes is 1. The van der Waals surface area contributed by atoms with Gasteiger partial charge in [-0.2, -0.15) is 0 Å². The molecule has 0 saturated heterocycles. The van der Waals surface area contributed by atoms with Crippen molar-refractivity contribution in [3.63, 3.8) is 0 Å². The maximum Gasteiger partial charge on any atom is 0.238 e. The molecule has 1 amide bonds. The highest BCUT2D eigenvalue weighted by molar-refractivity contribution is 5.93. The van der Waals surface area contributed by atoms with Crippen LogP contribution in [-0.2, 0) is 11.2 Å². The Morgan fingerprint density at radius 3 is 2.88 bits per heavy atom. The number of hydrogen-bond acceptors (Lipinski definition) is 2. The van der Waals surface area contributed by atoms with Gasteiger partial charge in [0.25, 0.3) is 0 Å². The molecule has 0 aromatic heterocycles. The Morgan fingerprint density at radius 2 is 2.24 bits per heavy atom. The molecule has 1 rings (SSSR count). The molecule has 0 saturated carbocycles. The largest absolute Gasteiger partial charge is 0.324 e. The van der Waals surface area contributed by atoms with E-state index in [-0.39, 0.29) is 12.5 Å². The number of rotatable bonds is 5. The number of benzene rings is 1. The van der Waals surface area contributed by atoms with E-state index in [9.17, 15) is 4.79 Å². The molecule has 0 aliphatic heterocycles. The molecular weight excluding hydrogens is 212 g/mol. The molecule has 1 aromatic carbocycles. The molecule has 0 radical (unpaired) electrons. The molecule has 0 fully saturated rings. The second-order valence-electron chi connectivity index (χ2n) is 3.82. The van der Waals surface area contributed by atoms with E-state index < -0.39 is 0 Å². The molecule has 2 N–H and O–H groups in total. The first-order valence-electron chi connectivity index (χ1n) is 5.71. The fourth-order valence-corrected chi connectivity index (χ4v) is 1.63. The molecule has 0 aliphatic rings. The number of nitrogens with one attached hydrogen (secondary N) is 2. The van der Waals surface area contributed by atoms with Gasteiger partial charge in [0.05, 0.1) is 13.1 Å². The third-order valence-corrected chi connectivity index (χ3v) is 2.52. The van der Waals surface area contributed by atoms with E-state index in [2.05, 4.69) is 23.5 Å². The van der Waals surface area contributed by atoms with Gasteiger partial charge in [-0.1, -0.05) is 31.0 Å². The molecule has 0 spiro atoms. The van der Waals surface area contributed by atoms with Crippen molar-refractivity contribution in [1.29, 1.82) is 0 Å². The van der Waals surface area contributed by atoms with Crippen LogP contribution >= 0.6 is 0 Å². The minimum Gasteiger partial charge on any atom is -0.324 e. The minimum atomic E-state index is -0.0655. The van der Waals surface area contributed by atoms with E-state index >= 15 is 0 Å². The van der Waals surface area contributed by atoms with Crippen molar-refractivity contribution in [2.45, 2.75) is 20.3 Å². The average molecular weight is 230 g/mol. The highest BCUT2D eigenvalue weighted by atomic mass is 16.1. The summed E-state index contributed by atoms with van der Waals surface area (Å²) in [5.41, 5.74) is 3.15. The van der Waals surface area contributed by atoms with Crippen molar-refractivity contribution in [3.05, 3.63) is 29.3 Å². The summed E-state index contributed by atoms with van der Waals surface area (Å²) in [5.74, 6) is 2.36. The summed E-state index contributed by atoms with van der Waals surface area (Å²) in [6.45, 7) is 4.70. The van der Waals surface area contributed by atoms with E-state index in [0.717, 1.165) is 23.2 Å². The summed E-state index contributed by atoms with van der Waals surface area (Å²) in [4.78, 5) is 11.7. The quantitative estimate of drug-likeness (QED) is 0.597. The lowest BCUT2D eigenvalue weighted by molar-refractivity contribution is -0.115. The first-order valence-corrected chi connectivity index (χ1v) is 5.71. The van der Waals surface area contributed by atoms with Gasteiger partial charge >= 0.3 is 0 Å². The summed E-state index contributed by atoms with van der Waals surface area (Å²) in [7, 11) is 0. The van der Waals surface area contributed by atoms with Gasteiger partial charge in [0.15, 0.2) is 0 Å². The lowest BCUT2D eigenvalue weighted by Gasteiger charge is -2.12. The van der Waals surface area contributed by atoms with Crippen LogP contribution < -0.4 is 10.6 Å². The van der Waals surface area contributed by atoms with E-state index in [1.807, 2.05) is 25.1 Å². The van der Waals surface area contributed by atoms with Gasteiger partial charge in [0, 0.05) is 5.69 Å². The van der Waals surface area contributed by atoms with Gasteiger partial charge in [-0.3, -0.25) is 10.1 Å². The molecule has 0 unspecified atom stereocenters. The maximum atomic E-state index is 11.7. The number of carbonyl (C=O) groups is 1. The van der Waals surface area contributed by atoms with Crippen molar-refractivity contribution in [3.8, 4) is 12.3 Å². The smallest absolute Gasteiger partial charge is 0.238 e. The Balaban J connectivity index is 2.68. The normalized spacial score (nSPS) is 9.71. The van der Waals surface area contributed by atoms with Gasteiger partial charge in [0.2, 0.25) is 5.91 Å². The Labute approximate surface area is 103 Å².